The summed E-state index contributed by atoms with van der Waals surface area (Å²) >= 11 is 0. The molecule has 1 rings (SSSR count). The third kappa shape index (κ3) is 2.37. The van der Waals surface area contributed by atoms with E-state index in [1.165, 1.54) is 4.90 Å². The van der Waals surface area contributed by atoms with E-state index >= 15 is 0 Å². The minimum absolute atomic E-state index is 0.188. The molecule has 0 radical (unpaired) electrons. The van der Waals surface area contributed by atoms with Crippen LogP contribution >= 0.6 is 0 Å². The van der Waals surface area contributed by atoms with Crippen LogP contribution in [0.25, 0.3) is 0 Å². The van der Waals surface area contributed by atoms with Crippen LogP contribution in [0.3, 0.4) is 0 Å². The molecule has 0 bridgehead atoms. The molecular weight excluding hydrogens is 178 g/mol. The fourth-order valence-electron chi connectivity index (χ4n) is 1.46. The Balaban J connectivity index is 2.61. The van der Waals surface area contributed by atoms with Gasteiger partial charge in [-0.1, -0.05) is 6.92 Å². The number of nitrogens with one attached hydrogen (secondary N) is 1. The topological polar surface area (TPSA) is 32.3 Å². The Morgan fingerprint density at radius 2 is 2.38 bits per heavy atom. The quantitative estimate of drug-likeness (QED) is 0.689. The van der Waals surface area contributed by atoms with Crippen LogP contribution in [0.4, 0.5) is 8.78 Å². The Labute approximate surface area is 76.1 Å². The number of alkyl halides is 2. The molecule has 1 N–H and O–H groups in total. The van der Waals surface area contributed by atoms with Gasteiger partial charge in [0.25, 0.3) is 6.43 Å². The van der Waals surface area contributed by atoms with Crippen molar-refractivity contribution in [3.05, 3.63) is 0 Å². The van der Waals surface area contributed by atoms with Gasteiger partial charge in [-0.2, -0.15) is 0 Å². The van der Waals surface area contributed by atoms with Crippen molar-refractivity contribution in [2.24, 2.45) is 0 Å². The Kier molecular flexibility index (Phi) is 3.59. The first kappa shape index (κ1) is 10.4. The molecule has 0 aromatic carbocycles. The molecule has 0 aromatic heterocycles. The lowest BCUT2D eigenvalue weighted by atomic mass is 10.2. The molecule has 0 aromatic rings. The van der Waals surface area contributed by atoms with E-state index in [2.05, 4.69) is 5.32 Å². The minimum atomic E-state index is -2.46. The molecule has 1 heterocycles. The average molecular weight is 192 g/mol. The van der Waals surface area contributed by atoms with Crippen LogP contribution in [0.15, 0.2) is 0 Å². The summed E-state index contributed by atoms with van der Waals surface area (Å²) in [6.45, 7) is 2.88. The number of amides is 1. The van der Waals surface area contributed by atoms with Gasteiger partial charge in [-0.05, 0) is 0 Å². The van der Waals surface area contributed by atoms with Gasteiger partial charge in [0.05, 0.1) is 0 Å². The van der Waals surface area contributed by atoms with Gasteiger partial charge < -0.3 is 10.2 Å². The van der Waals surface area contributed by atoms with Crippen LogP contribution in [0.5, 0.6) is 0 Å². The summed E-state index contributed by atoms with van der Waals surface area (Å²) < 4.78 is 24.9. The molecule has 0 aliphatic carbocycles. The van der Waals surface area contributed by atoms with Crippen molar-refractivity contribution in [3.8, 4) is 0 Å². The second-order valence-corrected chi connectivity index (χ2v) is 3.05. The predicted molar refractivity (Wildman–Crippen MR) is 44.7 cm³/mol. The molecule has 1 unspecified atom stereocenters. The molecular formula is C8H14F2N2O. The number of piperazine rings is 1. The highest BCUT2D eigenvalue weighted by Crippen LogP contribution is 2.12. The van der Waals surface area contributed by atoms with Crippen LogP contribution in [0.1, 0.15) is 13.3 Å². The highest BCUT2D eigenvalue weighted by atomic mass is 19.3. The van der Waals surface area contributed by atoms with Crippen LogP contribution in [0.2, 0.25) is 0 Å². The smallest absolute Gasteiger partial charge is 0.259 e. The van der Waals surface area contributed by atoms with Crippen molar-refractivity contribution in [3.63, 3.8) is 0 Å². The summed E-state index contributed by atoms with van der Waals surface area (Å²) in [5.41, 5.74) is 0. The fourth-order valence-corrected chi connectivity index (χ4v) is 1.46. The standard InChI is InChI=1S/C8H14F2N2O/c1-2-7(13)12-4-3-11-5-6(12)8(9)10/h6,8,11H,2-5H2,1H3. The first-order chi connectivity index (χ1) is 6.16. The van der Waals surface area contributed by atoms with Crippen LogP contribution < -0.4 is 5.32 Å². The van der Waals surface area contributed by atoms with Gasteiger partial charge in [-0.25, -0.2) is 8.78 Å². The maximum atomic E-state index is 12.4. The third-order valence-corrected chi connectivity index (χ3v) is 2.20. The molecule has 3 nitrogen and oxygen atoms in total. The number of rotatable bonds is 2. The highest BCUT2D eigenvalue weighted by molar-refractivity contribution is 5.76. The molecule has 5 heteroatoms. The van der Waals surface area contributed by atoms with Gasteiger partial charge >= 0.3 is 0 Å². The van der Waals surface area contributed by atoms with Gasteiger partial charge in [-0.15, -0.1) is 0 Å². The first-order valence-corrected chi connectivity index (χ1v) is 4.45. The Bertz CT molecular complexity index is 187. The van der Waals surface area contributed by atoms with Gasteiger partial charge in [0.15, 0.2) is 0 Å². The van der Waals surface area contributed by atoms with E-state index < -0.39 is 12.5 Å². The Morgan fingerprint density at radius 3 is 2.92 bits per heavy atom. The van der Waals surface area contributed by atoms with Crippen molar-refractivity contribution in [2.75, 3.05) is 19.6 Å². The maximum absolute atomic E-state index is 12.4. The van der Waals surface area contributed by atoms with E-state index in [0.717, 1.165) is 0 Å². The van der Waals surface area contributed by atoms with Gasteiger partial charge in [-0.3, -0.25) is 4.79 Å². The van der Waals surface area contributed by atoms with Crippen molar-refractivity contribution in [1.29, 1.82) is 0 Å². The second kappa shape index (κ2) is 4.50. The average Bonchev–Trinajstić information content (AvgIpc) is 2.16. The highest BCUT2D eigenvalue weighted by Gasteiger charge is 2.32. The molecule has 0 saturated carbocycles. The first-order valence-electron chi connectivity index (χ1n) is 4.45. The monoisotopic (exact) mass is 192 g/mol. The van der Waals surface area contributed by atoms with Crippen molar-refractivity contribution in [1.82, 2.24) is 10.2 Å². The SMILES string of the molecule is CCC(=O)N1CCNCC1C(F)F. The number of carbonyl (C=O) groups excluding carboxylic acids is 1. The zero-order chi connectivity index (χ0) is 9.84. The van der Waals surface area contributed by atoms with E-state index in [1.54, 1.807) is 6.92 Å². The molecule has 1 aliphatic heterocycles. The number of carbonyl (C=O) groups is 1. The fraction of sp³-hybridized carbons (Fsp3) is 0.875. The lowest BCUT2D eigenvalue weighted by Gasteiger charge is -2.35. The molecule has 13 heavy (non-hydrogen) atoms. The maximum Gasteiger partial charge on any atom is 0.259 e. The number of halogens is 2. The Morgan fingerprint density at radius 1 is 1.69 bits per heavy atom. The van der Waals surface area contributed by atoms with E-state index in [1.807, 2.05) is 0 Å². The molecule has 76 valence electrons. The third-order valence-electron chi connectivity index (χ3n) is 2.20. The summed E-state index contributed by atoms with van der Waals surface area (Å²) in [7, 11) is 0. The largest absolute Gasteiger partial charge is 0.331 e. The van der Waals surface area contributed by atoms with Gasteiger partial charge in [0.1, 0.15) is 6.04 Å². The summed E-state index contributed by atoms with van der Waals surface area (Å²) in [5, 5.41) is 2.85. The van der Waals surface area contributed by atoms with Crippen LogP contribution in [0, 0.1) is 0 Å². The zero-order valence-corrected chi connectivity index (χ0v) is 7.59. The lowest BCUT2D eigenvalue weighted by Crippen LogP contribution is -2.56. The second-order valence-electron chi connectivity index (χ2n) is 3.05. The number of hydrogen-bond acceptors (Lipinski definition) is 2. The van der Waals surface area contributed by atoms with Crippen molar-refractivity contribution in [2.45, 2.75) is 25.8 Å². The summed E-state index contributed by atoms with van der Waals surface area (Å²) in [6, 6.07) is -0.943. The predicted octanol–water partition coefficient (Wildman–Crippen LogP) is 0.462. The number of nitrogens with zero attached hydrogens (tertiary/aromatic N) is 1. The molecule has 0 spiro atoms. The van der Waals surface area contributed by atoms with E-state index in [-0.39, 0.29) is 12.5 Å². The van der Waals surface area contributed by atoms with E-state index in [4.69, 9.17) is 0 Å². The van der Waals surface area contributed by atoms with Crippen LogP contribution in [-0.2, 0) is 4.79 Å². The van der Waals surface area contributed by atoms with E-state index in [0.29, 0.717) is 19.5 Å². The Hall–Kier alpha value is -0.710. The van der Waals surface area contributed by atoms with Crippen LogP contribution in [-0.4, -0.2) is 42.9 Å². The summed E-state index contributed by atoms with van der Waals surface area (Å²) in [4.78, 5) is 12.5. The lowest BCUT2D eigenvalue weighted by molar-refractivity contribution is -0.138. The van der Waals surface area contributed by atoms with Gasteiger partial charge in [0.2, 0.25) is 5.91 Å². The molecule has 1 saturated heterocycles. The zero-order valence-electron chi connectivity index (χ0n) is 7.59. The van der Waals surface area contributed by atoms with Gasteiger partial charge in [0, 0.05) is 26.1 Å². The van der Waals surface area contributed by atoms with E-state index in [9.17, 15) is 13.6 Å². The molecule has 1 atom stereocenters. The molecule has 1 fully saturated rings. The normalized spacial score (nSPS) is 23.7. The van der Waals surface area contributed by atoms with Crippen molar-refractivity contribution >= 4 is 5.91 Å². The summed E-state index contributed by atoms with van der Waals surface area (Å²) in [6.07, 6.45) is -2.16. The minimum Gasteiger partial charge on any atom is -0.331 e. The number of hydrogen-bond donors (Lipinski definition) is 1. The van der Waals surface area contributed by atoms with Crippen molar-refractivity contribution < 1.29 is 13.6 Å². The molecule has 1 amide bonds. The summed E-state index contributed by atoms with van der Waals surface area (Å²) in [5.74, 6) is -0.188. The molecule has 1 aliphatic rings.